The summed E-state index contributed by atoms with van der Waals surface area (Å²) in [5, 5.41) is 11.1. The van der Waals surface area contributed by atoms with Crippen LogP contribution >= 0.6 is 0 Å². The molecule has 1 aliphatic carbocycles. The van der Waals surface area contributed by atoms with Crippen LogP contribution in [0.1, 0.15) is 43.2 Å². The standard InChI is InChI=1S/C21H30N2O2/c1-16-4-2-5-17(12-16)13-22-10-8-21(25)9-11-23(15-19(21)14-22)20(24)18-6-3-7-18/h2,4-5,12,18-19,25H,3,6-11,13-15H2,1H3/t19-,21-/m1/s1. The summed E-state index contributed by atoms with van der Waals surface area (Å²) in [5.41, 5.74) is 2.06. The molecule has 1 saturated carbocycles. The first-order valence-electron chi connectivity index (χ1n) is 9.82. The first-order chi connectivity index (χ1) is 12.0. The van der Waals surface area contributed by atoms with Crippen LogP contribution in [0.25, 0.3) is 0 Å². The molecule has 4 heteroatoms. The lowest BCUT2D eigenvalue weighted by Crippen LogP contribution is -2.61. The number of carbonyl (C=O) groups excluding carboxylic acids is 1. The molecule has 0 spiro atoms. The van der Waals surface area contributed by atoms with Crippen molar-refractivity contribution < 1.29 is 9.90 Å². The highest BCUT2D eigenvalue weighted by Gasteiger charge is 2.46. The largest absolute Gasteiger partial charge is 0.389 e. The van der Waals surface area contributed by atoms with Gasteiger partial charge in [-0.05, 0) is 38.2 Å². The average Bonchev–Trinajstić information content (AvgIpc) is 2.53. The Morgan fingerprint density at radius 3 is 2.76 bits per heavy atom. The summed E-state index contributed by atoms with van der Waals surface area (Å²) in [6.07, 6.45) is 4.89. The highest BCUT2D eigenvalue weighted by molar-refractivity contribution is 5.79. The maximum Gasteiger partial charge on any atom is 0.225 e. The van der Waals surface area contributed by atoms with E-state index in [1.54, 1.807) is 0 Å². The topological polar surface area (TPSA) is 43.8 Å². The van der Waals surface area contributed by atoms with Crippen LogP contribution in [-0.4, -0.2) is 52.6 Å². The Kier molecular flexibility index (Phi) is 4.59. The van der Waals surface area contributed by atoms with Gasteiger partial charge in [-0.3, -0.25) is 9.69 Å². The molecule has 1 amide bonds. The second-order valence-corrected chi connectivity index (χ2v) is 8.44. The number of aliphatic hydroxyl groups is 1. The first kappa shape index (κ1) is 17.0. The lowest BCUT2D eigenvalue weighted by Gasteiger charge is -2.51. The number of nitrogens with zero attached hydrogens (tertiary/aromatic N) is 2. The third-order valence-electron chi connectivity index (χ3n) is 6.61. The molecular weight excluding hydrogens is 312 g/mol. The molecule has 0 aromatic heterocycles. The van der Waals surface area contributed by atoms with E-state index in [2.05, 4.69) is 36.1 Å². The Hall–Kier alpha value is -1.39. The van der Waals surface area contributed by atoms with Crippen molar-refractivity contribution in [3.63, 3.8) is 0 Å². The predicted molar refractivity (Wildman–Crippen MR) is 98.1 cm³/mol. The van der Waals surface area contributed by atoms with E-state index in [9.17, 15) is 9.90 Å². The maximum atomic E-state index is 12.6. The number of piperidine rings is 2. The molecule has 0 radical (unpaired) electrons. The Morgan fingerprint density at radius 2 is 2.04 bits per heavy atom. The molecule has 2 heterocycles. The Morgan fingerprint density at radius 1 is 1.24 bits per heavy atom. The van der Waals surface area contributed by atoms with Crippen molar-refractivity contribution in [1.29, 1.82) is 0 Å². The summed E-state index contributed by atoms with van der Waals surface area (Å²) >= 11 is 0. The average molecular weight is 342 g/mol. The van der Waals surface area contributed by atoms with Crippen LogP contribution in [0.3, 0.4) is 0 Å². The van der Waals surface area contributed by atoms with Crippen molar-refractivity contribution in [2.24, 2.45) is 11.8 Å². The normalized spacial score (nSPS) is 30.6. The highest BCUT2D eigenvalue weighted by atomic mass is 16.3. The number of hydrogen-bond donors (Lipinski definition) is 1. The van der Waals surface area contributed by atoms with Gasteiger partial charge < -0.3 is 10.0 Å². The van der Waals surface area contributed by atoms with Crippen LogP contribution in [-0.2, 0) is 11.3 Å². The summed E-state index contributed by atoms with van der Waals surface area (Å²) in [6, 6.07) is 8.67. The summed E-state index contributed by atoms with van der Waals surface area (Å²) in [5.74, 6) is 0.783. The number of fused-ring (bicyclic) bond motifs is 1. The Bertz CT molecular complexity index is 643. The zero-order chi connectivity index (χ0) is 17.4. The molecule has 4 nitrogen and oxygen atoms in total. The lowest BCUT2D eigenvalue weighted by molar-refractivity contribution is -0.153. The number of carbonyl (C=O) groups is 1. The molecule has 2 atom stereocenters. The van der Waals surface area contributed by atoms with Crippen molar-refractivity contribution in [1.82, 2.24) is 9.80 Å². The van der Waals surface area contributed by atoms with Gasteiger partial charge in [-0.2, -0.15) is 0 Å². The monoisotopic (exact) mass is 342 g/mol. The Balaban J connectivity index is 1.40. The van der Waals surface area contributed by atoms with Crippen LogP contribution in [0.2, 0.25) is 0 Å². The molecule has 136 valence electrons. The van der Waals surface area contributed by atoms with E-state index >= 15 is 0 Å². The van der Waals surface area contributed by atoms with E-state index in [0.29, 0.717) is 5.91 Å². The van der Waals surface area contributed by atoms with Gasteiger partial charge in [0.2, 0.25) is 5.91 Å². The molecule has 1 aromatic rings. The molecule has 2 aliphatic heterocycles. The molecular formula is C21H30N2O2. The van der Waals surface area contributed by atoms with E-state index in [1.165, 1.54) is 17.5 Å². The third kappa shape index (κ3) is 3.47. The minimum absolute atomic E-state index is 0.184. The van der Waals surface area contributed by atoms with Crippen LogP contribution in [0.5, 0.6) is 0 Å². The van der Waals surface area contributed by atoms with Gasteiger partial charge in [0, 0.05) is 44.6 Å². The number of rotatable bonds is 3. The van der Waals surface area contributed by atoms with Crippen LogP contribution in [0.4, 0.5) is 0 Å². The summed E-state index contributed by atoms with van der Waals surface area (Å²) < 4.78 is 0. The molecule has 1 N–H and O–H groups in total. The van der Waals surface area contributed by atoms with E-state index in [-0.39, 0.29) is 11.8 Å². The van der Waals surface area contributed by atoms with Crippen LogP contribution < -0.4 is 0 Å². The van der Waals surface area contributed by atoms with E-state index in [1.807, 2.05) is 4.90 Å². The molecule has 3 aliphatic rings. The van der Waals surface area contributed by atoms with Gasteiger partial charge >= 0.3 is 0 Å². The van der Waals surface area contributed by atoms with Gasteiger partial charge in [0.15, 0.2) is 0 Å². The van der Waals surface area contributed by atoms with Crippen molar-refractivity contribution in [2.45, 2.75) is 51.2 Å². The number of amides is 1. The SMILES string of the molecule is Cc1cccc(CN2CC[C@@]3(O)CCN(C(=O)C4CCC4)C[C@H]3C2)c1. The minimum Gasteiger partial charge on any atom is -0.389 e. The van der Waals surface area contributed by atoms with E-state index in [4.69, 9.17) is 0 Å². The summed E-state index contributed by atoms with van der Waals surface area (Å²) in [4.78, 5) is 17.1. The van der Waals surface area contributed by atoms with Gasteiger partial charge in [-0.1, -0.05) is 36.2 Å². The molecule has 2 saturated heterocycles. The van der Waals surface area contributed by atoms with Gasteiger partial charge in [0.25, 0.3) is 0 Å². The predicted octanol–water partition coefficient (Wildman–Crippen LogP) is 2.58. The number of hydrogen-bond acceptors (Lipinski definition) is 3. The second-order valence-electron chi connectivity index (χ2n) is 8.44. The quantitative estimate of drug-likeness (QED) is 0.918. The smallest absolute Gasteiger partial charge is 0.225 e. The van der Waals surface area contributed by atoms with E-state index < -0.39 is 5.60 Å². The minimum atomic E-state index is -0.570. The van der Waals surface area contributed by atoms with Crippen LogP contribution in [0, 0.1) is 18.8 Å². The van der Waals surface area contributed by atoms with Crippen LogP contribution in [0.15, 0.2) is 24.3 Å². The first-order valence-corrected chi connectivity index (χ1v) is 9.82. The number of benzene rings is 1. The second kappa shape index (κ2) is 6.73. The zero-order valence-corrected chi connectivity index (χ0v) is 15.3. The fourth-order valence-corrected chi connectivity index (χ4v) is 4.70. The van der Waals surface area contributed by atoms with Crippen molar-refractivity contribution in [2.75, 3.05) is 26.2 Å². The summed E-state index contributed by atoms with van der Waals surface area (Å²) in [7, 11) is 0. The van der Waals surface area contributed by atoms with Crippen molar-refractivity contribution in [3.05, 3.63) is 35.4 Å². The van der Waals surface area contributed by atoms with Gasteiger partial charge in [0.05, 0.1) is 5.60 Å². The summed E-state index contributed by atoms with van der Waals surface area (Å²) in [6.45, 7) is 6.36. The highest BCUT2D eigenvalue weighted by Crippen LogP contribution is 2.37. The fourth-order valence-electron chi connectivity index (χ4n) is 4.70. The zero-order valence-electron chi connectivity index (χ0n) is 15.3. The van der Waals surface area contributed by atoms with Crippen molar-refractivity contribution >= 4 is 5.91 Å². The number of likely N-dealkylation sites (tertiary alicyclic amines) is 2. The molecule has 3 fully saturated rings. The third-order valence-corrected chi connectivity index (χ3v) is 6.61. The van der Waals surface area contributed by atoms with Gasteiger partial charge in [-0.15, -0.1) is 0 Å². The molecule has 0 bridgehead atoms. The fraction of sp³-hybridized carbons (Fsp3) is 0.667. The van der Waals surface area contributed by atoms with Crippen molar-refractivity contribution in [3.8, 4) is 0 Å². The lowest BCUT2D eigenvalue weighted by atomic mass is 9.74. The Labute approximate surface area is 150 Å². The van der Waals surface area contributed by atoms with Gasteiger partial charge in [0.1, 0.15) is 0 Å². The number of aryl methyl sites for hydroxylation is 1. The molecule has 4 rings (SSSR count). The maximum absolute atomic E-state index is 12.6. The molecule has 25 heavy (non-hydrogen) atoms. The van der Waals surface area contributed by atoms with E-state index in [0.717, 1.165) is 58.4 Å². The van der Waals surface area contributed by atoms with Gasteiger partial charge in [-0.25, -0.2) is 0 Å². The molecule has 0 unspecified atom stereocenters. The molecule has 1 aromatic carbocycles.